The van der Waals surface area contributed by atoms with Gasteiger partial charge in [0.2, 0.25) is 0 Å². The lowest BCUT2D eigenvalue weighted by atomic mass is 10.1. The smallest absolute Gasteiger partial charge is 0.0558 e. The average Bonchev–Trinajstić information content (AvgIpc) is 2.39. The highest BCUT2D eigenvalue weighted by molar-refractivity contribution is 4.55. The summed E-state index contributed by atoms with van der Waals surface area (Å²) in [6.07, 6.45) is 14.0. The molecule has 0 heterocycles. The van der Waals surface area contributed by atoms with Crippen molar-refractivity contribution >= 4 is 0 Å². The molecule has 0 aliphatic carbocycles. The van der Waals surface area contributed by atoms with Crippen LogP contribution in [0.4, 0.5) is 0 Å². The Kier molecular flexibility index (Phi) is 14.9. The Labute approximate surface area is 115 Å². The summed E-state index contributed by atoms with van der Waals surface area (Å²) in [6, 6.07) is 0. The molecule has 0 amide bonds. The number of nitrogens with zero attached hydrogens (tertiary/aromatic N) is 1. The van der Waals surface area contributed by atoms with Crippen LogP contribution in [0.2, 0.25) is 0 Å². The number of rotatable bonds is 14. The number of likely N-dealkylation sites (N-methyl/N-ethyl adjacent to an activating group) is 1. The Hall–Kier alpha value is -0.0800. The summed E-state index contributed by atoms with van der Waals surface area (Å²) in [4.78, 5) is 2.34. The Bertz CT molecular complexity index is 150. The van der Waals surface area contributed by atoms with Crippen molar-refractivity contribution in [3.8, 4) is 0 Å². The van der Waals surface area contributed by atoms with E-state index in [-0.39, 0.29) is 0 Å². The molecule has 0 spiro atoms. The first-order valence-corrected chi connectivity index (χ1v) is 8.18. The molecule has 18 heavy (non-hydrogen) atoms. The molecule has 1 N–H and O–H groups in total. The van der Waals surface area contributed by atoms with Gasteiger partial charge in [-0.25, -0.2) is 0 Å². The first-order chi connectivity index (χ1) is 8.85. The van der Waals surface area contributed by atoms with Crippen LogP contribution in [0, 0.1) is 0 Å². The third-order valence-corrected chi connectivity index (χ3v) is 3.69. The first-order valence-electron chi connectivity index (χ1n) is 8.18. The van der Waals surface area contributed by atoms with Gasteiger partial charge < -0.3 is 10.0 Å². The minimum absolute atomic E-state index is 0.297. The van der Waals surface area contributed by atoms with Gasteiger partial charge in [-0.1, -0.05) is 71.6 Å². The van der Waals surface area contributed by atoms with Gasteiger partial charge in [-0.05, 0) is 19.5 Å². The normalized spacial score (nSPS) is 11.3. The first kappa shape index (κ1) is 17.9. The Morgan fingerprint density at radius 3 is 1.61 bits per heavy atom. The van der Waals surface area contributed by atoms with Gasteiger partial charge in [0, 0.05) is 6.54 Å². The molecule has 110 valence electrons. The van der Waals surface area contributed by atoms with Gasteiger partial charge in [-0.15, -0.1) is 0 Å². The highest BCUT2D eigenvalue weighted by atomic mass is 16.3. The molecule has 0 aliphatic heterocycles. The van der Waals surface area contributed by atoms with Crippen LogP contribution in [0.3, 0.4) is 0 Å². The Balaban J connectivity index is 3.10. The van der Waals surface area contributed by atoms with Gasteiger partial charge in [0.05, 0.1) is 6.61 Å². The van der Waals surface area contributed by atoms with Gasteiger partial charge in [-0.2, -0.15) is 0 Å². The summed E-state index contributed by atoms with van der Waals surface area (Å²) in [5.74, 6) is 0. The van der Waals surface area contributed by atoms with Crippen LogP contribution in [0.1, 0.15) is 78.1 Å². The van der Waals surface area contributed by atoms with E-state index in [1.54, 1.807) is 0 Å². The zero-order chi connectivity index (χ0) is 13.5. The van der Waals surface area contributed by atoms with Gasteiger partial charge in [0.25, 0.3) is 0 Å². The molecule has 0 unspecified atom stereocenters. The summed E-state index contributed by atoms with van der Waals surface area (Å²) >= 11 is 0. The van der Waals surface area contributed by atoms with Crippen molar-refractivity contribution in [2.75, 3.05) is 26.2 Å². The van der Waals surface area contributed by atoms with Crippen LogP contribution in [0.25, 0.3) is 0 Å². The minimum atomic E-state index is 0.297. The van der Waals surface area contributed by atoms with Crippen molar-refractivity contribution in [2.45, 2.75) is 78.1 Å². The molecule has 0 aromatic carbocycles. The van der Waals surface area contributed by atoms with Crippen LogP contribution in [-0.2, 0) is 0 Å². The standard InChI is InChI=1S/C16H35NO/c1-3-5-6-7-8-9-10-11-12-13-14-17(4-2)15-16-18/h18H,3-16H2,1-2H3. The number of aliphatic hydroxyl groups is 1. The van der Waals surface area contributed by atoms with E-state index in [4.69, 9.17) is 5.11 Å². The molecule has 0 radical (unpaired) electrons. The van der Waals surface area contributed by atoms with E-state index in [1.165, 1.54) is 64.2 Å². The molecule has 0 saturated carbocycles. The van der Waals surface area contributed by atoms with E-state index in [0.717, 1.165) is 19.6 Å². The van der Waals surface area contributed by atoms with Crippen LogP contribution in [-0.4, -0.2) is 36.2 Å². The minimum Gasteiger partial charge on any atom is -0.395 e. The van der Waals surface area contributed by atoms with Crippen molar-refractivity contribution in [2.24, 2.45) is 0 Å². The zero-order valence-electron chi connectivity index (χ0n) is 12.8. The second kappa shape index (κ2) is 15.0. The number of unbranched alkanes of at least 4 members (excludes halogenated alkanes) is 9. The van der Waals surface area contributed by atoms with Gasteiger partial charge in [0.1, 0.15) is 0 Å². The lowest BCUT2D eigenvalue weighted by Crippen LogP contribution is -2.27. The molecule has 2 nitrogen and oxygen atoms in total. The number of hydrogen-bond acceptors (Lipinski definition) is 2. The topological polar surface area (TPSA) is 23.5 Å². The summed E-state index contributed by atoms with van der Waals surface area (Å²) in [6.45, 7) is 7.81. The van der Waals surface area contributed by atoms with Crippen molar-refractivity contribution in [3.05, 3.63) is 0 Å². The van der Waals surface area contributed by atoms with E-state index in [2.05, 4.69) is 18.7 Å². The number of hydrogen-bond donors (Lipinski definition) is 1. The monoisotopic (exact) mass is 257 g/mol. The molecule has 0 rings (SSSR count). The Morgan fingerprint density at radius 1 is 0.667 bits per heavy atom. The van der Waals surface area contributed by atoms with Crippen molar-refractivity contribution in [1.82, 2.24) is 4.90 Å². The van der Waals surface area contributed by atoms with Crippen molar-refractivity contribution in [1.29, 1.82) is 0 Å². The molecule has 0 aliphatic rings. The molecular formula is C16H35NO. The predicted octanol–water partition coefficient (Wildman–Crippen LogP) is 4.22. The maximum absolute atomic E-state index is 8.89. The lowest BCUT2D eigenvalue weighted by molar-refractivity contribution is 0.199. The largest absolute Gasteiger partial charge is 0.395 e. The summed E-state index contributed by atoms with van der Waals surface area (Å²) < 4.78 is 0. The molecule has 0 saturated heterocycles. The third kappa shape index (κ3) is 12.4. The molecule has 0 aromatic rings. The second-order valence-electron chi connectivity index (χ2n) is 5.34. The fourth-order valence-electron chi connectivity index (χ4n) is 2.39. The fourth-order valence-corrected chi connectivity index (χ4v) is 2.39. The third-order valence-electron chi connectivity index (χ3n) is 3.69. The van der Waals surface area contributed by atoms with Gasteiger partial charge in [-0.3, -0.25) is 0 Å². The van der Waals surface area contributed by atoms with Crippen LogP contribution in [0.5, 0.6) is 0 Å². The van der Waals surface area contributed by atoms with Crippen LogP contribution >= 0.6 is 0 Å². The summed E-state index contributed by atoms with van der Waals surface area (Å²) in [5, 5.41) is 8.89. The highest BCUT2D eigenvalue weighted by Crippen LogP contribution is 2.10. The zero-order valence-corrected chi connectivity index (χ0v) is 12.8. The summed E-state index contributed by atoms with van der Waals surface area (Å²) in [7, 11) is 0. The molecular weight excluding hydrogens is 222 g/mol. The Morgan fingerprint density at radius 2 is 1.17 bits per heavy atom. The van der Waals surface area contributed by atoms with Crippen LogP contribution < -0.4 is 0 Å². The fraction of sp³-hybridized carbons (Fsp3) is 1.00. The quantitative estimate of drug-likeness (QED) is 0.471. The summed E-state index contributed by atoms with van der Waals surface area (Å²) in [5.41, 5.74) is 0. The lowest BCUT2D eigenvalue weighted by Gasteiger charge is -2.18. The molecule has 2 heteroatoms. The molecule has 0 fully saturated rings. The maximum atomic E-state index is 8.89. The average molecular weight is 257 g/mol. The second-order valence-corrected chi connectivity index (χ2v) is 5.34. The van der Waals surface area contributed by atoms with Gasteiger partial charge >= 0.3 is 0 Å². The molecule has 0 atom stereocenters. The van der Waals surface area contributed by atoms with E-state index in [9.17, 15) is 0 Å². The van der Waals surface area contributed by atoms with E-state index in [0.29, 0.717) is 6.61 Å². The van der Waals surface area contributed by atoms with Crippen molar-refractivity contribution < 1.29 is 5.11 Å². The van der Waals surface area contributed by atoms with E-state index >= 15 is 0 Å². The van der Waals surface area contributed by atoms with E-state index < -0.39 is 0 Å². The maximum Gasteiger partial charge on any atom is 0.0558 e. The molecule has 0 aromatic heterocycles. The van der Waals surface area contributed by atoms with Crippen LogP contribution in [0.15, 0.2) is 0 Å². The van der Waals surface area contributed by atoms with Crippen molar-refractivity contribution in [3.63, 3.8) is 0 Å². The predicted molar refractivity (Wildman–Crippen MR) is 81.0 cm³/mol. The highest BCUT2D eigenvalue weighted by Gasteiger charge is 2.00. The van der Waals surface area contributed by atoms with Gasteiger partial charge in [0.15, 0.2) is 0 Å². The molecule has 0 bridgehead atoms. The van der Waals surface area contributed by atoms with E-state index in [1.807, 2.05) is 0 Å². The SMILES string of the molecule is CCCCCCCCCCCCN(CC)CCO. The number of aliphatic hydroxyl groups excluding tert-OH is 1.